The van der Waals surface area contributed by atoms with Gasteiger partial charge in [0.1, 0.15) is 18.0 Å². The highest BCUT2D eigenvalue weighted by molar-refractivity contribution is 5.82. The Labute approximate surface area is 140 Å². The number of hydrogen-bond acceptors (Lipinski definition) is 5. The molecule has 24 heavy (non-hydrogen) atoms. The summed E-state index contributed by atoms with van der Waals surface area (Å²) in [6, 6.07) is 7.57. The first-order valence-electron chi connectivity index (χ1n) is 8.01. The van der Waals surface area contributed by atoms with E-state index in [-0.39, 0.29) is 12.0 Å². The fourth-order valence-electron chi connectivity index (χ4n) is 3.10. The molecule has 0 bridgehead atoms. The Morgan fingerprint density at radius 1 is 1.29 bits per heavy atom. The van der Waals surface area contributed by atoms with Gasteiger partial charge >= 0.3 is 5.97 Å². The number of carbonyl (C=O) groups excluding carboxylic acids is 1. The number of methoxy groups -OCH3 is 1. The van der Waals surface area contributed by atoms with Gasteiger partial charge in [0.25, 0.3) is 5.91 Å². The molecule has 130 valence electrons. The highest BCUT2D eigenvalue weighted by atomic mass is 16.5. The van der Waals surface area contributed by atoms with Crippen molar-refractivity contribution in [3.05, 3.63) is 29.8 Å². The van der Waals surface area contributed by atoms with Crippen molar-refractivity contribution in [3.8, 4) is 5.75 Å². The summed E-state index contributed by atoms with van der Waals surface area (Å²) in [5, 5.41) is 8.98. The van der Waals surface area contributed by atoms with Crippen LogP contribution in [0.3, 0.4) is 0 Å². The van der Waals surface area contributed by atoms with Gasteiger partial charge in [-0.2, -0.15) is 0 Å². The number of carbonyl (C=O) groups is 2. The summed E-state index contributed by atoms with van der Waals surface area (Å²) in [4.78, 5) is 25.3. The topological polar surface area (TPSA) is 85.3 Å². The average molecular weight is 335 g/mol. The Kier molecular flexibility index (Phi) is 5.01. The molecule has 1 unspecified atom stereocenters. The summed E-state index contributed by atoms with van der Waals surface area (Å²) >= 11 is 0. The molecule has 0 aromatic heterocycles. The molecular formula is C17H21NO6. The average Bonchev–Trinajstić information content (AvgIpc) is 3.11. The molecule has 0 radical (unpaired) electrons. The highest BCUT2D eigenvalue weighted by Gasteiger charge is 2.38. The van der Waals surface area contributed by atoms with Crippen LogP contribution in [0, 0.1) is 0 Å². The number of hydrogen-bond donors (Lipinski definition) is 1. The number of morpholine rings is 1. The van der Waals surface area contributed by atoms with E-state index in [4.69, 9.17) is 19.3 Å². The van der Waals surface area contributed by atoms with E-state index in [0.717, 1.165) is 11.3 Å². The van der Waals surface area contributed by atoms with Gasteiger partial charge in [-0.15, -0.1) is 0 Å². The van der Waals surface area contributed by atoms with Crippen molar-refractivity contribution in [1.29, 1.82) is 0 Å². The minimum Gasteiger partial charge on any atom is -0.497 e. The summed E-state index contributed by atoms with van der Waals surface area (Å²) in [5.41, 5.74) is 0.947. The first kappa shape index (κ1) is 16.7. The minimum absolute atomic E-state index is 0.157. The van der Waals surface area contributed by atoms with Gasteiger partial charge in [0.05, 0.1) is 20.3 Å². The lowest BCUT2D eigenvalue weighted by Gasteiger charge is -2.34. The van der Waals surface area contributed by atoms with Gasteiger partial charge in [-0.3, -0.25) is 4.79 Å². The molecule has 2 aliphatic heterocycles. The zero-order valence-corrected chi connectivity index (χ0v) is 13.5. The van der Waals surface area contributed by atoms with Crippen molar-refractivity contribution in [2.45, 2.75) is 31.2 Å². The smallest absolute Gasteiger partial charge is 0.332 e. The standard InChI is InChI=1S/C17H21NO6/c1-22-12-4-2-3-11(9-12)15-10-18(7-8-23-15)16(19)13-5-6-14(24-13)17(20)21/h2-4,9,13-15H,5-8,10H2,1H3,(H,20,21)/t13-,14+,15?/m0/s1. The van der Waals surface area contributed by atoms with Gasteiger partial charge in [-0.1, -0.05) is 12.1 Å². The molecule has 1 amide bonds. The lowest BCUT2D eigenvalue weighted by molar-refractivity contribution is -0.158. The Hall–Kier alpha value is -2.12. The Balaban J connectivity index is 1.65. The second-order valence-electron chi connectivity index (χ2n) is 5.95. The zero-order chi connectivity index (χ0) is 17.1. The predicted molar refractivity (Wildman–Crippen MR) is 83.8 cm³/mol. The van der Waals surface area contributed by atoms with Gasteiger partial charge in [-0.25, -0.2) is 4.79 Å². The molecule has 2 heterocycles. The van der Waals surface area contributed by atoms with Crippen LogP contribution in [0.4, 0.5) is 0 Å². The summed E-state index contributed by atoms with van der Waals surface area (Å²) in [7, 11) is 1.60. The van der Waals surface area contributed by atoms with E-state index in [1.54, 1.807) is 12.0 Å². The predicted octanol–water partition coefficient (Wildman–Crippen LogP) is 1.23. The van der Waals surface area contributed by atoms with Crippen molar-refractivity contribution >= 4 is 11.9 Å². The molecule has 3 atom stereocenters. The molecular weight excluding hydrogens is 314 g/mol. The third-order valence-electron chi connectivity index (χ3n) is 4.41. The lowest BCUT2D eigenvalue weighted by Crippen LogP contribution is -2.46. The van der Waals surface area contributed by atoms with Crippen LogP contribution in [-0.2, 0) is 19.1 Å². The largest absolute Gasteiger partial charge is 0.497 e. The molecule has 2 saturated heterocycles. The van der Waals surface area contributed by atoms with Crippen molar-refractivity contribution in [3.63, 3.8) is 0 Å². The Morgan fingerprint density at radius 3 is 2.79 bits per heavy atom. The maximum Gasteiger partial charge on any atom is 0.332 e. The summed E-state index contributed by atoms with van der Waals surface area (Å²) in [6.07, 6.45) is -0.967. The number of nitrogens with zero attached hydrogens (tertiary/aromatic N) is 1. The number of carboxylic acids is 1. The molecule has 3 rings (SSSR count). The number of aliphatic carboxylic acids is 1. The Bertz CT molecular complexity index is 619. The van der Waals surface area contributed by atoms with E-state index in [1.165, 1.54) is 0 Å². The zero-order valence-electron chi connectivity index (χ0n) is 13.5. The van der Waals surface area contributed by atoms with Crippen LogP contribution in [0.15, 0.2) is 24.3 Å². The number of ether oxygens (including phenoxy) is 3. The van der Waals surface area contributed by atoms with Gasteiger partial charge in [-0.05, 0) is 30.5 Å². The van der Waals surface area contributed by atoms with Crippen LogP contribution < -0.4 is 4.74 Å². The van der Waals surface area contributed by atoms with Crippen LogP contribution in [0.2, 0.25) is 0 Å². The van der Waals surface area contributed by atoms with Crippen LogP contribution in [0.25, 0.3) is 0 Å². The van der Waals surface area contributed by atoms with Crippen LogP contribution in [0.5, 0.6) is 5.75 Å². The first-order valence-corrected chi connectivity index (χ1v) is 8.01. The van der Waals surface area contributed by atoms with E-state index >= 15 is 0 Å². The number of rotatable bonds is 4. The maximum atomic E-state index is 12.6. The maximum absolute atomic E-state index is 12.6. The first-order chi connectivity index (χ1) is 11.6. The summed E-state index contributed by atoms with van der Waals surface area (Å²) < 4.78 is 16.4. The monoisotopic (exact) mass is 335 g/mol. The summed E-state index contributed by atoms with van der Waals surface area (Å²) in [5.74, 6) is -0.431. The van der Waals surface area contributed by atoms with Crippen LogP contribution in [0.1, 0.15) is 24.5 Å². The van der Waals surface area contributed by atoms with Crippen LogP contribution in [-0.4, -0.2) is 60.9 Å². The normalized spacial score (nSPS) is 27.0. The molecule has 1 N–H and O–H groups in total. The number of amides is 1. The highest BCUT2D eigenvalue weighted by Crippen LogP contribution is 2.27. The van der Waals surface area contributed by atoms with E-state index < -0.39 is 18.2 Å². The molecule has 0 aliphatic carbocycles. The SMILES string of the molecule is COc1cccc(C2CN(C(=O)[C@@H]3CC[C@H](C(=O)O)O3)CCO2)c1. The summed E-state index contributed by atoms with van der Waals surface area (Å²) in [6.45, 7) is 1.34. The second-order valence-corrected chi connectivity index (χ2v) is 5.95. The third kappa shape index (κ3) is 3.52. The quantitative estimate of drug-likeness (QED) is 0.891. The molecule has 1 aromatic rings. The minimum atomic E-state index is -1.01. The fourth-order valence-corrected chi connectivity index (χ4v) is 3.10. The number of benzene rings is 1. The van der Waals surface area contributed by atoms with Crippen molar-refractivity contribution in [2.24, 2.45) is 0 Å². The molecule has 0 spiro atoms. The van der Waals surface area contributed by atoms with E-state index in [1.807, 2.05) is 24.3 Å². The molecule has 7 nitrogen and oxygen atoms in total. The lowest BCUT2D eigenvalue weighted by atomic mass is 10.1. The van der Waals surface area contributed by atoms with E-state index in [9.17, 15) is 9.59 Å². The molecule has 2 aliphatic rings. The number of carboxylic acid groups (broad SMARTS) is 1. The van der Waals surface area contributed by atoms with Crippen LogP contribution >= 0.6 is 0 Å². The second kappa shape index (κ2) is 7.19. The van der Waals surface area contributed by atoms with Crippen molar-refractivity contribution < 1.29 is 28.9 Å². The fraction of sp³-hybridized carbons (Fsp3) is 0.529. The molecule has 0 saturated carbocycles. The van der Waals surface area contributed by atoms with E-state index in [2.05, 4.69) is 0 Å². The van der Waals surface area contributed by atoms with E-state index in [0.29, 0.717) is 32.5 Å². The molecule has 2 fully saturated rings. The van der Waals surface area contributed by atoms with Gasteiger partial charge in [0.15, 0.2) is 6.10 Å². The Morgan fingerprint density at radius 2 is 2.08 bits per heavy atom. The van der Waals surface area contributed by atoms with Crippen molar-refractivity contribution in [1.82, 2.24) is 4.90 Å². The van der Waals surface area contributed by atoms with Gasteiger partial charge < -0.3 is 24.2 Å². The van der Waals surface area contributed by atoms with Gasteiger partial charge in [0, 0.05) is 6.54 Å². The molecule has 7 heteroatoms. The molecule has 1 aromatic carbocycles. The van der Waals surface area contributed by atoms with Gasteiger partial charge in [0.2, 0.25) is 0 Å². The third-order valence-corrected chi connectivity index (χ3v) is 4.41. The van der Waals surface area contributed by atoms with Crippen molar-refractivity contribution in [2.75, 3.05) is 26.8 Å².